The molecule has 0 spiro atoms. The van der Waals surface area contributed by atoms with Gasteiger partial charge in [0.1, 0.15) is 4.88 Å². The van der Waals surface area contributed by atoms with Gasteiger partial charge in [0.25, 0.3) is 5.91 Å². The number of hydrogen-bond donors (Lipinski definition) is 2. The summed E-state index contributed by atoms with van der Waals surface area (Å²) in [4.78, 5) is 14.6. The number of benzene rings is 1. The summed E-state index contributed by atoms with van der Waals surface area (Å²) in [6.45, 7) is 0.440. The van der Waals surface area contributed by atoms with Crippen LogP contribution in [0.25, 0.3) is 0 Å². The molecule has 7 heteroatoms. The van der Waals surface area contributed by atoms with E-state index in [4.69, 9.17) is 10.9 Å². The summed E-state index contributed by atoms with van der Waals surface area (Å²) >= 11 is 4.76. The van der Waals surface area contributed by atoms with Crippen LogP contribution in [-0.4, -0.2) is 28.9 Å². The van der Waals surface area contributed by atoms with E-state index in [0.717, 1.165) is 10.0 Å². The summed E-state index contributed by atoms with van der Waals surface area (Å²) in [7, 11) is 1.74. The minimum atomic E-state index is -0.0499. The average molecular weight is 368 g/mol. The van der Waals surface area contributed by atoms with Gasteiger partial charge >= 0.3 is 0 Å². The Morgan fingerprint density at radius 2 is 2.24 bits per heavy atom. The minimum absolute atomic E-state index is 0.0480. The van der Waals surface area contributed by atoms with Gasteiger partial charge in [-0.15, -0.1) is 11.3 Å². The first-order valence-electron chi connectivity index (χ1n) is 6.08. The molecule has 0 saturated heterocycles. The number of nitrogens with zero attached hydrogens (tertiary/aromatic N) is 2. The molecule has 1 amide bonds. The molecule has 0 aliphatic heterocycles. The Labute approximate surface area is 134 Å². The Bertz CT molecular complexity index is 684. The molecular formula is C14H14BrN3O2S. The van der Waals surface area contributed by atoms with E-state index >= 15 is 0 Å². The van der Waals surface area contributed by atoms with Crippen molar-refractivity contribution in [3.05, 3.63) is 56.2 Å². The molecule has 1 aromatic carbocycles. The second-order valence-electron chi connectivity index (χ2n) is 4.44. The van der Waals surface area contributed by atoms with E-state index in [9.17, 15) is 4.79 Å². The monoisotopic (exact) mass is 367 g/mol. The number of carbonyl (C=O) groups excluding carboxylic acids is 1. The van der Waals surface area contributed by atoms with Gasteiger partial charge in [0.2, 0.25) is 0 Å². The van der Waals surface area contributed by atoms with Crippen molar-refractivity contribution < 1.29 is 10.0 Å². The van der Waals surface area contributed by atoms with Gasteiger partial charge in [-0.05, 0) is 39.0 Å². The molecule has 0 saturated carbocycles. The number of thiophene rings is 1. The number of carbonyl (C=O) groups is 1. The second-order valence-corrected chi connectivity index (χ2v) is 6.21. The normalized spacial score (nSPS) is 11.4. The van der Waals surface area contributed by atoms with E-state index < -0.39 is 0 Å². The van der Waals surface area contributed by atoms with Crippen molar-refractivity contribution >= 4 is 39.0 Å². The van der Waals surface area contributed by atoms with E-state index in [1.807, 2.05) is 23.6 Å². The van der Waals surface area contributed by atoms with Gasteiger partial charge in [0, 0.05) is 23.6 Å². The number of rotatable bonds is 4. The molecule has 0 bridgehead atoms. The molecule has 110 valence electrons. The minimum Gasteiger partial charge on any atom is -0.409 e. The number of halogens is 1. The van der Waals surface area contributed by atoms with Crippen molar-refractivity contribution in [1.29, 1.82) is 0 Å². The molecule has 0 fully saturated rings. The molecule has 2 rings (SSSR count). The van der Waals surface area contributed by atoms with Crippen LogP contribution in [0.2, 0.25) is 0 Å². The highest BCUT2D eigenvalue weighted by molar-refractivity contribution is 9.10. The Morgan fingerprint density at radius 3 is 2.86 bits per heavy atom. The first kappa shape index (κ1) is 15.5. The highest BCUT2D eigenvalue weighted by Gasteiger charge is 2.16. The zero-order valence-corrected chi connectivity index (χ0v) is 13.7. The van der Waals surface area contributed by atoms with Crippen LogP contribution in [0.15, 0.2) is 45.3 Å². The summed E-state index contributed by atoms with van der Waals surface area (Å²) < 4.78 is 0.801. The van der Waals surface area contributed by atoms with Crippen LogP contribution in [0.4, 0.5) is 0 Å². The molecule has 5 nitrogen and oxygen atoms in total. The molecule has 0 radical (unpaired) electrons. The Balaban J connectivity index is 2.15. The van der Waals surface area contributed by atoms with Crippen LogP contribution in [0.5, 0.6) is 0 Å². The summed E-state index contributed by atoms with van der Waals surface area (Å²) in [5.41, 5.74) is 7.09. The fraction of sp³-hybridized carbons (Fsp3) is 0.143. The number of nitrogens with two attached hydrogens (primary N) is 1. The molecule has 0 aliphatic rings. The van der Waals surface area contributed by atoms with Crippen LogP contribution >= 0.6 is 27.3 Å². The standard InChI is InChI=1S/C14H14BrN3O2S/c1-18(14(19)12-11(15)5-6-21-12)8-9-3-2-4-10(7-9)13(16)17-20/h2-7,20H,8H2,1H3,(H2,16,17). The van der Waals surface area contributed by atoms with Crippen LogP contribution in [0.1, 0.15) is 20.8 Å². The molecule has 21 heavy (non-hydrogen) atoms. The lowest BCUT2D eigenvalue weighted by Crippen LogP contribution is -2.26. The summed E-state index contributed by atoms with van der Waals surface area (Å²) in [5.74, 6) is -0.00194. The maximum atomic E-state index is 12.3. The number of hydrogen-bond acceptors (Lipinski definition) is 4. The Morgan fingerprint density at radius 1 is 1.48 bits per heavy atom. The molecule has 3 N–H and O–H groups in total. The van der Waals surface area contributed by atoms with Gasteiger partial charge in [0.05, 0.1) is 0 Å². The first-order valence-corrected chi connectivity index (χ1v) is 7.75. The van der Waals surface area contributed by atoms with E-state index in [2.05, 4.69) is 21.1 Å². The zero-order chi connectivity index (χ0) is 15.4. The zero-order valence-electron chi connectivity index (χ0n) is 11.3. The fourth-order valence-electron chi connectivity index (χ4n) is 1.85. The Kier molecular flexibility index (Phi) is 4.98. The lowest BCUT2D eigenvalue weighted by Gasteiger charge is -2.17. The average Bonchev–Trinajstić information content (AvgIpc) is 2.92. The third-order valence-electron chi connectivity index (χ3n) is 2.91. The molecule has 2 aromatic rings. The van der Waals surface area contributed by atoms with Gasteiger partial charge in [-0.1, -0.05) is 23.4 Å². The van der Waals surface area contributed by atoms with E-state index in [0.29, 0.717) is 17.0 Å². The number of amides is 1. The topological polar surface area (TPSA) is 78.9 Å². The molecule has 0 aliphatic carbocycles. The smallest absolute Gasteiger partial charge is 0.265 e. The SMILES string of the molecule is CN(Cc1cccc(C(N)=NO)c1)C(=O)c1sccc1Br. The largest absolute Gasteiger partial charge is 0.409 e. The molecule has 0 unspecified atom stereocenters. The quantitative estimate of drug-likeness (QED) is 0.377. The fourth-order valence-corrected chi connectivity index (χ4v) is 3.39. The predicted octanol–water partition coefficient (Wildman–Crippen LogP) is 2.88. The van der Waals surface area contributed by atoms with Crippen LogP contribution in [0.3, 0.4) is 0 Å². The number of amidine groups is 1. The van der Waals surface area contributed by atoms with Gasteiger partial charge in [-0.25, -0.2) is 0 Å². The van der Waals surface area contributed by atoms with Crippen molar-refractivity contribution in [2.45, 2.75) is 6.54 Å². The van der Waals surface area contributed by atoms with Crippen LogP contribution < -0.4 is 5.73 Å². The lowest BCUT2D eigenvalue weighted by atomic mass is 10.1. The summed E-state index contributed by atoms with van der Waals surface area (Å²) in [6.07, 6.45) is 0. The Hall–Kier alpha value is -1.86. The van der Waals surface area contributed by atoms with Gasteiger partial charge in [-0.2, -0.15) is 0 Å². The number of oxime groups is 1. The summed E-state index contributed by atoms with van der Waals surface area (Å²) in [5, 5.41) is 13.5. The van der Waals surface area contributed by atoms with Crippen LogP contribution in [-0.2, 0) is 6.54 Å². The highest BCUT2D eigenvalue weighted by Crippen LogP contribution is 2.24. The van der Waals surface area contributed by atoms with Crippen molar-refractivity contribution in [2.75, 3.05) is 7.05 Å². The first-order chi connectivity index (χ1) is 10.0. The van der Waals surface area contributed by atoms with Gasteiger partial charge in [0.15, 0.2) is 5.84 Å². The summed E-state index contributed by atoms with van der Waals surface area (Å²) in [6, 6.07) is 9.09. The van der Waals surface area contributed by atoms with E-state index in [-0.39, 0.29) is 11.7 Å². The third-order valence-corrected chi connectivity index (χ3v) is 4.73. The maximum absolute atomic E-state index is 12.3. The lowest BCUT2D eigenvalue weighted by molar-refractivity contribution is 0.0789. The van der Waals surface area contributed by atoms with Crippen molar-refractivity contribution in [3.63, 3.8) is 0 Å². The molecule has 1 aromatic heterocycles. The molecular weight excluding hydrogens is 354 g/mol. The van der Waals surface area contributed by atoms with Crippen LogP contribution in [0, 0.1) is 0 Å². The predicted molar refractivity (Wildman–Crippen MR) is 86.8 cm³/mol. The second kappa shape index (κ2) is 6.73. The van der Waals surface area contributed by atoms with Gasteiger partial charge < -0.3 is 15.8 Å². The van der Waals surface area contributed by atoms with Crippen molar-refractivity contribution in [2.24, 2.45) is 10.9 Å². The third kappa shape index (κ3) is 3.62. The molecule has 1 heterocycles. The molecule has 0 atom stereocenters. The van der Waals surface area contributed by atoms with E-state index in [1.54, 1.807) is 24.1 Å². The van der Waals surface area contributed by atoms with E-state index in [1.165, 1.54) is 11.3 Å². The van der Waals surface area contributed by atoms with Crippen molar-refractivity contribution in [3.8, 4) is 0 Å². The van der Waals surface area contributed by atoms with Crippen molar-refractivity contribution in [1.82, 2.24) is 4.90 Å². The highest BCUT2D eigenvalue weighted by atomic mass is 79.9. The van der Waals surface area contributed by atoms with Gasteiger partial charge in [-0.3, -0.25) is 4.79 Å². The maximum Gasteiger partial charge on any atom is 0.265 e.